The monoisotopic (exact) mass is 414 g/mol. The zero-order chi connectivity index (χ0) is 22.4. The molecule has 3 aromatic rings. The maximum atomic E-state index is 12.6. The van der Waals surface area contributed by atoms with Crippen LogP contribution in [0.15, 0.2) is 64.6 Å². The summed E-state index contributed by atoms with van der Waals surface area (Å²) in [5.41, 5.74) is 3.66. The zero-order valence-corrected chi connectivity index (χ0v) is 17.6. The van der Waals surface area contributed by atoms with Crippen molar-refractivity contribution in [1.29, 1.82) is 5.26 Å². The minimum absolute atomic E-state index is 0.0683. The van der Waals surface area contributed by atoms with E-state index in [1.165, 1.54) is 6.08 Å². The zero-order valence-electron chi connectivity index (χ0n) is 17.6. The molecule has 0 aliphatic rings. The van der Waals surface area contributed by atoms with Crippen molar-refractivity contribution in [1.82, 2.24) is 0 Å². The highest BCUT2D eigenvalue weighted by molar-refractivity contribution is 6.10. The number of amides is 1. The molecule has 0 radical (unpaired) electrons. The molecule has 3 rings (SSSR count). The van der Waals surface area contributed by atoms with Crippen molar-refractivity contribution in [3.63, 3.8) is 0 Å². The van der Waals surface area contributed by atoms with E-state index in [9.17, 15) is 14.9 Å². The summed E-state index contributed by atoms with van der Waals surface area (Å²) in [6.07, 6.45) is 1.40. The quantitative estimate of drug-likeness (QED) is 0.336. The molecule has 31 heavy (non-hydrogen) atoms. The Bertz CT molecular complexity index is 1160. The summed E-state index contributed by atoms with van der Waals surface area (Å²) >= 11 is 0. The third-order valence-corrected chi connectivity index (χ3v) is 4.68. The fraction of sp³-hybridized carbons (Fsp3) is 0.160. The van der Waals surface area contributed by atoms with Gasteiger partial charge in [0.05, 0.1) is 12.2 Å². The number of benzene rings is 2. The Hall–Kier alpha value is -4.11. The molecule has 0 fully saturated rings. The third-order valence-electron chi connectivity index (χ3n) is 4.68. The standard InChI is InChI=1S/C25H22N2O4/c1-4-30-25(29)19-10-8-18(9-11-19)22-13-12-21(31-22)14-20(15-26)24(28)27-23-16(2)6-5-7-17(23)3/h5-14H,4H2,1-3H3,(H,27,28)/b20-14-. The van der Waals surface area contributed by atoms with Crippen molar-refractivity contribution in [3.8, 4) is 17.4 Å². The predicted octanol–water partition coefficient (Wildman–Crippen LogP) is 5.29. The van der Waals surface area contributed by atoms with Crippen molar-refractivity contribution >= 4 is 23.6 Å². The summed E-state index contributed by atoms with van der Waals surface area (Å²) in [6, 6.07) is 17.8. The van der Waals surface area contributed by atoms with Gasteiger partial charge in [-0.1, -0.05) is 30.3 Å². The van der Waals surface area contributed by atoms with Gasteiger partial charge in [0, 0.05) is 17.3 Å². The van der Waals surface area contributed by atoms with Crippen LogP contribution in [0, 0.1) is 25.2 Å². The molecule has 2 aromatic carbocycles. The Balaban J connectivity index is 1.78. The lowest BCUT2D eigenvalue weighted by molar-refractivity contribution is -0.112. The molecule has 0 aliphatic heterocycles. The first-order valence-electron chi connectivity index (χ1n) is 9.79. The van der Waals surface area contributed by atoms with Gasteiger partial charge in [-0.15, -0.1) is 0 Å². The van der Waals surface area contributed by atoms with Crippen LogP contribution in [0.25, 0.3) is 17.4 Å². The van der Waals surface area contributed by atoms with Gasteiger partial charge in [-0.05, 0) is 56.2 Å². The van der Waals surface area contributed by atoms with Crippen LogP contribution in [0.3, 0.4) is 0 Å². The lowest BCUT2D eigenvalue weighted by Gasteiger charge is -2.10. The Morgan fingerprint density at radius 2 is 1.74 bits per heavy atom. The fourth-order valence-corrected chi connectivity index (χ4v) is 3.05. The summed E-state index contributed by atoms with van der Waals surface area (Å²) in [6.45, 7) is 5.85. The summed E-state index contributed by atoms with van der Waals surface area (Å²) < 4.78 is 10.7. The number of esters is 1. The van der Waals surface area contributed by atoms with E-state index in [-0.39, 0.29) is 11.5 Å². The van der Waals surface area contributed by atoms with Gasteiger partial charge in [0.2, 0.25) is 0 Å². The molecule has 1 N–H and O–H groups in total. The van der Waals surface area contributed by atoms with Crippen molar-refractivity contribution in [2.45, 2.75) is 20.8 Å². The minimum atomic E-state index is -0.503. The van der Waals surface area contributed by atoms with Gasteiger partial charge < -0.3 is 14.5 Å². The number of para-hydroxylation sites is 1. The molecule has 0 saturated heterocycles. The summed E-state index contributed by atoms with van der Waals surface area (Å²) in [5.74, 6) is 0.0362. The van der Waals surface area contributed by atoms with Crippen LogP contribution in [0.1, 0.15) is 34.2 Å². The average molecular weight is 414 g/mol. The molecule has 0 unspecified atom stereocenters. The Kier molecular flexibility index (Phi) is 6.68. The number of carbonyl (C=O) groups excluding carboxylic acids is 2. The van der Waals surface area contributed by atoms with E-state index < -0.39 is 5.91 Å². The fourth-order valence-electron chi connectivity index (χ4n) is 3.05. The van der Waals surface area contributed by atoms with E-state index in [0.29, 0.717) is 29.4 Å². The van der Waals surface area contributed by atoms with Crippen LogP contribution < -0.4 is 5.32 Å². The number of furan rings is 1. The van der Waals surface area contributed by atoms with Gasteiger partial charge in [0.15, 0.2) is 0 Å². The number of nitrogens with one attached hydrogen (secondary N) is 1. The van der Waals surface area contributed by atoms with Crippen LogP contribution in [-0.4, -0.2) is 18.5 Å². The van der Waals surface area contributed by atoms with E-state index in [1.54, 1.807) is 43.3 Å². The van der Waals surface area contributed by atoms with Crippen LogP contribution in [0.5, 0.6) is 0 Å². The topological polar surface area (TPSA) is 92.3 Å². The van der Waals surface area contributed by atoms with Crippen molar-refractivity contribution in [2.24, 2.45) is 0 Å². The SMILES string of the molecule is CCOC(=O)c1ccc(-c2ccc(/C=C(/C#N)C(=O)Nc3c(C)cccc3C)o2)cc1. The van der Waals surface area contributed by atoms with Crippen LogP contribution in [0.4, 0.5) is 5.69 Å². The Labute approximate surface area is 180 Å². The highest BCUT2D eigenvalue weighted by Gasteiger charge is 2.14. The molecule has 0 aliphatic carbocycles. The third kappa shape index (κ3) is 5.09. The summed E-state index contributed by atoms with van der Waals surface area (Å²) in [7, 11) is 0. The second kappa shape index (κ2) is 9.59. The van der Waals surface area contributed by atoms with Gasteiger partial charge >= 0.3 is 5.97 Å². The van der Waals surface area contributed by atoms with Gasteiger partial charge in [0.25, 0.3) is 5.91 Å². The number of hydrogen-bond acceptors (Lipinski definition) is 5. The highest BCUT2D eigenvalue weighted by Crippen LogP contribution is 2.25. The van der Waals surface area contributed by atoms with Gasteiger partial charge in [-0.25, -0.2) is 4.79 Å². The lowest BCUT2D eigenvalue weighted by atomic mass is 10.1. The van der Waals surface area contributed by atoms with Gasteiger partial charge in [-0.3, -0.25) is 4.79 Å². The molecule has 6 nitrogen and oxygen atoms in total. The summed E-state index contributed by atoms with van der Waals surface area (Å²) in [4.78, 5) is 24.4. The summed E-state index contributed by atoms with van der Waals surface area (Å²) in [5, 5.41) is 12.3. The molecule has 0 atom stereocenters. The van der Waals surface area contributed by atoms with E-state index in [1.807, 2.05) is 38.1 Å². The molecule has 1 aromatic heterocycles. The molecule has 0 spiro atoms. The van der Waals surface area contributed by atoms with Crippen molar-refractivity contribution < 1.29 is 18.7 Å². The van der Waals surface area contributed by atoms with Gasteiger partial charge in [-0.2, -0.15) is 5.26 Å². The largest absolute Gasteiger partial charge is 0.462 e. The first kappa shape index (κ1) is 21.6. The number of aryl methyl sites for hydroxylation is 2. The van der Waals surface area contributed by atoms with Crippen molar-refractivity contribution in [2.75, 3.05) is 11.9 Å². The van der Waals surface area contributed by atoms with Gasteiger partial charge in [0.1, 0.15) is 23.2 Å². The van der Waals surface area contributed by atoms with Crippen LogP contribution in [-0.2, 0) is 9.53 Å². The van der Waals surface area contributed by atoms with Crippen LogP contribution in [0.2, 0.25) is 0 Å². The lowest BCUT2D eigenvalue weighted by Crippen LogP contribution is -2.15. The average Bonchev–Trinajstić information content (AvgIpc) is 3.23. The van der Waals surface area contributed by atoms with E-state index in [2.05, 4.69) is 5.32 Å². The first-order valence-corrected chi connectivity index (χ1v) is 9.79. The number of rotatable bonds is 6. The number of ether oxygens (including phenoxy) is 1. The number of carbonyl (C=O) groups is 2. The van der Waals surface area contributed by atoms with Crippen molar-refractivity contribution in [3.05, 3.63) is 82.6 Å². The predicted molar refractivity (Wildman–Crippen MR) is 118 cm³/mol. The van der Waals surface area contributed by atoms with E-state index in [0.717, 1.165) is 16.7 Å². The molecule has 0 saturated carbocycles. The Morgan fingerprint density at radius 1 is 1.06 bits per heavy atom. The van der Waals surface area contributed by atoms with E-state index in [4.69, 9.17) is 9.15 Å². The van der Waals surface area contributed by atoms with Crippen LogP contribution >= 0.6 is 0 Å². The number of nitriles is 1. The molecule has 156 valence electrons. The molecular weight excluding hydrogens is 392 g/mol. The molecule has 1 amide bonds. The Morgan fingerprint density at radius 3 is 2.35 bits per heavy atom. The molecule has 6 heteroatoms. The number of hydrogen-bond donors (Lipinski definition) is 1. The second-order valence-electron chi connectivity index (χ2n) is 6.89. The molecule has 1 heterocycles. The second-order valence-corrected chi connectivity index (χ2v) is 6.89. The number of nitrogens with zero attached hydrogens (tertiary/aromatic N) is 1. The number of anilines is 1. The maximum Gasteiger partial charge on any atom is 0.338 e. The molecule has 0 bridgehead atoms. The highest BCUT2D eigenvalue weighted by atomic mass is 16.5. The minimum Gasteiger partial charge on any atom is -0.462 e. The smallest absolute Gasteiger partial charge is 0.338 e. The first-order chi connectivity index (χ1) is 14.9. The molecular formula is C25H22N2O4. The normalized spacial score (nSPS) is 11.0. The maximum absolute atomic E-state index is 12.6. The van der Waals surface area contributed by atoms with E-state index >= 15 is 0 Å².